The minimum Gasteiger partial charge on any atom is -0.482 e. The quantitative estimate of drug-likeness (QED) is 0.300. The third kappa shape index (κ3) is 2.74. The smallest absolute Gasteiger partial charge is 0.336 e. The molecular weight excluding hydrogens is 418 g/mol. The highest BCUT2D eigenvalue weighted by Gasteiger charge is 2.79. The normalized spacial score (nSPS) is 37.8. The molecule has 0 aromatic heterocycles. The molecule has 0 spiro atoms. The first-order chi connectivity index (χ1) is 15.8. The number of carbonyl (C=O) groups excluding carboxylic acids is 1. The number of ether oxygens (including phenoxy) is 2. The Morgan fingerprint density at radius 2 is 2.09 bits per heavy atom. The average Bonchev–Trinajstić information content (AvgIpc) is 3.52. The van der Waals surface area contributed by atoms with Gasteiger partial charge in [-0.25, -0.2) is 4.79 Å². The highest BCUT2D eigenvalue weighted by molar-refractivity contribution is 5.85. The van der Waals surface area contributed by atoms with E-state index in [0.717, 1.165) is 35.6 Å². The van der Waals surface area contributed by atoms with Crippen molar-refractivity contribution in [2.24, 2.45) is 5.92 Å². The lowest BCUT2D eigenvalue weighted by atomic mass is 9.45. The van der Waals surface area contributed by atoms with E-state index in [0.29, 0.717) is 24.3 Å². The van der Waals surface area contributed by atoms with E-state index in [2.05, 4.69) is 11.8 Å². The van der Waals surface area contributed by atoms with E-state index in [1.807, 2.05) is 26.0 Å². The lowest BCUT2D eigenvalue weighted by Crippen LogP contribution is -2.89. The second kappa shape index (κ2) is 7.17. The zero-order chi connectivity index (χ0) is 23.1. The summed E-state index contributed by atoms with van der Waals surface area (Å²) in [6.07, 6.45) is 8.15. The molecule has 176 valence electrons. The van der Waals surface area contributed by atoms with Gasteiger partial charge in [-0.3, -0.25) is 4.90 Å². The van der Waals surface area contributed by atoms with E-state index in [9.17, 15) is 15.0 Å². The predicted molar refractivity (Wildman–Crippen MR) is 123 cm³/mol. The standard InChI is InChI=1S/C27H33NO5/c1-4-26-23-17-10-11-19(32-22(30)7-5-6-15(2)3)24(23)33-25(26)18(29)13-21-27(26,31)20(12-17)28(21)14-16-8-9-16/h5-7,10-11,16,18,20-21,25,29,31H,4,8-9,12-14H2,1-3H3/b7-5+/t18?,20-,21?,25+,26+,27+/m1/s1. The summed E-state index contributed by atoms with van der Waals surface area (Å²) in [5, 5.41) is 23.5. The minimum absolute atomic E-state index is 0.0421. The van der Waals surface area contributed by atoms with Crippen LogP contribution in [0.4, 0.5) is 0 Å². The number of esters is 1. The summed E-state index contributed by atoms with van der Waals surface area (Å²) in [5.41, 5.74) is 1.54. The monoisotopic (exact) mass is 451 g/mol. The van der Waals surface area contributed by atoms with Gasteiger partial charge in [0.15, 0.2) is 11.5 Å². The highest BCUT2D eigenvalue weighted by atomic mass is 16.6. The van der Waals surface area contributed by atoms with E-state index >= 15 is 0 Å². The fourth-order valence-electron chi connectivity index (χ4n) is 7.25. The first-order valence-electron chi connectivity index (χ1n) is 12.3. The van der Waals surface area contributed by atoms with Crippen LogP contribution in [-0.2, 0) is 16.6 Å². The average molecular weight is 452 g/mol. The SMILES string of the molecule is CC[C@]12c3c4ccc(OC(=O)/C=C/C=C(C)C)c3O[C@H]1C(O)CC1N(CC3CC3)[C@H](C4)[C@]12O. The Hall–Kier alpha value is -2.15. The number of aliphatic hydroxyl groups is 2. The molecular formula is C27H33NO5. The molecule has 0 amide bonds. The van der Waals surface area contributed by atoms with Crippen LogP contribution < -0.4 is 9.47 Å². The van der Waals surface area contributed by atoms with Gasteiger partial charge in [0.25, 0.3) is 0 Å². The number of allylic oxidation sites excluding steroid dienone is 3. The van der Waals surface area contributed by atoms with Crippen molar-refractivity contribution < 1.29 is 24.5 Å². The number of hydrogen-bond donors (Lipinski definition) is 2. The van der Waals surface area contributed by atoms with Gasteiger partial charge in [-0.05, 0) is 63.5 Å². The lowest BCUT2D eigenvalue weighted by Gasteiger charge is -2.72. The molecule has 2 heterocycles. The summed E-state index contributed by atoms with van der Waals surface area (Å²) in [5.74, 6) is 1.14. The molecule has 6 heteroatoms. The van der Waals surface area contributed by atoms with Crippen LogP contribution in [-0.4, -0.2) is 57.5 Å². The molecule has 33 heavy (non-hydrogen) atoms. The summed E-state index contributed by atoms with van der Waals surface area (Å²) in [7, 11) is 0. The fourth-order valence-corrected chi connectivity index (χ4v) is 7.25. The van der Waals surface area contributed by atoms with Crippen LogP contribution in [0.15, 0.2) is 35.9 Å². The van der Waals surface area contributed by atoms with Gasteiger partial charge in [0.2, 0.25) is 0 Å². The van der Waals surface area contributed by atoms with Crippen LogP contribution in [0.5, 0.6) is 11.5 Å². The summed E-state index contributed by atoms with van der Waals surface area (Å²) >= 11 is 0. The topological polar surface area (TPSA) is 79.2 Å². The molecule has 2 aliphatic heterocycles. The van der Waals surface area contributed by atoms with Gasteiger partial charge < -0.3 is 19.7 Å². The van der Waals surface area contributed by atoms with Gasteiger partial charge in [0.05, 0.1) is 11.5 Å². The van der Waals surface area contributed by atoms with Gasteiger partial charge in [-0.15, -0.1) is 0 Å². The van der Waals surface area contributed by atoms with Crippen LogP contribution in [0.1, 0.15) is 57.6 Å². The number of benzene rings is 1. The molecule has 2 saturated carbocycles. The van der Waals surface area contributed by atoms with Crippen LogP contribution in [0.2, 0.25) is 0 Å². The summed E-state index contributed by atoms with van der Waals surface area (Å²) in [6.45, 7) is 7.01. The van der Waals surface area contributed by atoms with Crippen molar-refractivity contribution in [2.45, 2.75) is 88.2 Å². The molecule has 1 saturated heterocycles. The van der Waals surface area contributed by atoms with Gasteiger partial charge in [-0.1, -0.05) is 30.7 Å². The zero-order valence-electron chi connectivity index (χ0n) is 19.6. The van der Waals surface area contributed by atoms with Crippen molar-refractivity contribution in [1.82, 2.24) is 4.90 Å². The minimum atomic E-state index is -0.940. The van der Waals surface area contributed by atoms with Gasteiger partial charge in [-0.2, -0.15) is 0 Å². The molecule has 1 aromatic rings. The van der Waals surface area contributed by atoms with E-state index in [4.69, 9.17) is 9.47 Å². The summed E-state index contributed by atoms with van der Waals surface area (Å²) in [6, 6.07) is 3.81. The van der Waals surface area contributed by atoms with Crippen molar-refractivity contribution in [1.29, 1.82) is 0 Å². The molecule has 2 N–H and O–H groups in total. The first-order valence-corrected chi connectivity index (χ1v) is 12.3. The van der Waals surface area contributed by atoms with Gasteiger partial charge in [0.1, 0.15) is 11.7 Å². The van der Waals surface area contributed by atoms with Crippen molar-refractivity contribution in [3.63, 3.8) is 0 Å². The zero-order valence-corrected chi connectivity index (χ0v) is 19.6. The summed E-state index contributed by atoms with van der Waals surface area (Å²) in [4.78, 5) is 14.9. The Bertz CT molecular complexity index is 1070. The maximum absolute atomic E-state index is 12.5. The molecule has 5 aliphatic rings. The third-order valence-electron chi connectivity index (χ3n) is 8.74. The summed E-state index contributed by atoms with van der Waals surface area (Å²) < 4.78 is 12.1. The number of rotatable bonds is 6. The Labute approximate surface area is 194 Å². The number of carbonyl (C=O) groups is 1. The van der Waals surface area contributed by atoms with Gasteiger partial charge in [0, 0.05) is 30.3 Å². The fraction of sp³-hybridized carbons (Fsp3) is 0.593. The lowest BCUT2D eigenvalue weighted by molar-refractivity contribution is -0.292. The number of aliphatic hydroxyl groups excluding tert-OH is 1. The second-order valence-electron chi connectivity index (χ2n) is 10.8. The van der Waals surface area contributed by atoms with Gasteiger partial charge >= 0.3 is 5.97 Å². The highest BCUT2D eigenvalue weighted by Crippen LogP contribution is 2.68. The molecule has 6 atom stereocenters. The molecule has 2 unspecified atom stereocenters. The molecule has 6 rings (SSSR count). The van der Waals surface area contributed by atoms with Crippen LogP contribution >= 0.6 is 0 Å². The van der Waals surface area contributed by atoms with E-state index in [1.165, 1.54) is 18.9 Å². The largest absolute Gasteiger partial charge is 0.482 e. The molecule has 6 nitrogen and oxygen atoms in total. The Morgan fingerprint density at radius 3 is 2.79 bits per heavy atom. The maximum Gasteiger partial charge on any atom is 0.336 e. The van der Waals surface area contributed by atoms with Crippen LogP contribution in [0, 0.1) is 5.92 Å². The number of nitrogens with zero attached hydrogens (tertiary/aromatic N) is 1. The molecule has 0 radical (unpaired) electrons. The second-order valence-corrected chi connectivity index (χ2v) is 10.8. The molecule has 3 aliphatic carbocycles. The van der Waals surface area contributed by atoms with E-state index < -0.39 is 29.2 Å². The van der Waals surface area contributed by atoms with E-state index in [1.54, 1.807) is 12.1 Å². The van der Waals surface area contributed by atoms with Crippen molar-refractivity contribution in [2.75, 3.05) is 6.54 Å². The Kier molecular flexibility index (Phi) is 4.65. The third-order valence-corrected chi connectivity index (χ3v) is 8.74. The Balaban J connectivity index is 1.41. The van der Waals surface area contributed by atoms with Crippen LogP contribution in [0.3, 0.4) is 0 Å². The van der Waals surface area contributed by atoms with Crippen molar-refractivity contribution in [3.8, 4) is 11.5 Å². The number of likely N-dealkylation sites (tertiary alicyclic amines) is 1. The number of hydrogen-bond acceptors (Lipinski definition) is 6. The van der Waals surface area contributed by atoms with E-state index in [-0.39, 0.29) is 12.1 Å². The molecule has 3 fully saturated rings. The van der Waals surface area contributed by atoms with Crippen molar-refractivity contribution in [3.05, 3.63) is 47.1 Å². The predicted octanol–water partition coefficient (Wildman–Crippen LogP) is 3.04. The maximum atomic E-state index is 12.5. The molecule has 0 bridgehead atoms. The van der Waals surface area contributed by atoms with Crippen molar-refractivity contribution >= 4 is 5.97 Å². The van der Waals surface area contributed by atoms with Crippen LogP contribution in [0.25, 0.3) is 0 Å². The Morgan fingerprint density at radius 1 is 1.30 bits per heavy atom. The first kappa shape index (κ1) is 21.4. The molecule has 1 aromatic carbocycles.